The average Bonchev–Trinajstić information content (AvgIpc) is 3.12. The third-order valence-corrected chi connectivity index (χ3v) is 3.82. The number of thiophene rings is 1. The first-order chi connectivity index (χ1) is 10.4. The van der Waals surface area contributed by atoms with Gasteiger partial charge in [-0.1, -0.05) is 11.2 Å². The van der Waals surface area contributed by atoms with Gasteiger partial charge in [0, 0.05) is 0 Å². The third-order valence-electron chi connectivity index (χ3n) is 2.93. The Morgan fingerprint density at radius 1 is 1.64 bits per heavy atom. The molecule has 0 aliphatic carbocycles. The van der Waals surface area contributed by atoms with E-state index < -0.39 is 16.9 Å². The highest BCUT2D eigenvalue weighted by Crippen LogP contribution is 2.20. The number of carbonyl (C=O) groups excluding carboxylic acids is 1. The highest BCUT2D eigenvalue weighted by Gasteiger charge is 2.25. The highest BCUT2D eigenvalue weighted by molar-refractivity contribution is 7.12. The summed E-state index contributed by atoms with van der Waals surface area (Å²) in [6.07, 6.45) is 1.09. The lowest BCUT2D eigenvalue weighted by atomic mass is 10.3. The van der Waals surface area contributed by atoms with E-state index in [1.807, 2.05) is 5.38 Å². The number of hydrogen-bond acceptors (Lipinski definition) is 7. The van der Waals surface area contributed by atoms with E-state index in [1.54, 1.807) is 12.1 Å². The van der Waals surface area contributed by atoms with E-state index in [9.17, 15) is 14.9 Å². The molecule has 0 aliphatic rings. The molecule has 116 valence electrons. The van der Waals surface area contributed by atoms with E-state index in [1.165, 1.54) is 29.9 Å². The predicted octanol–water partition coefficient (Wildman–Crippen LogP) is 1.59. The SMILES string of the molecule is Cc1c([N+](=O)[O-])cnn1C(C)C(=O)O/N=C(\N)c1cccs1. The zero-order valence-corrected chi connectivity index (χ0v) is 12.6. The number of nitro groups is 1. The van der Waals surface area contributed by atoms with Gasteiger partial charge in [0.1, 0.15) is 17.9 Å². The molecule has 1 unspecified atom stereocenters. The molecule has 2 heterocycles. The minimum absolute atomic E-state index is 0.0821. The molecule has 22 heavy (non-hydrogen) atoms. The van der Waals surface area contributed by atoms with Crippen LogP contribution < -0.4 is 5.73 Å². The molecule has 0 fully saturated rings. The van der Waals surface area contributed by atoms with Crippen LogP contribution in [0, 0.1) is 17.0 Å². The molecule has 2 rings (SSSR count). The first-order valence-electron chi connectivity index (χ1n) is 6.18. The number of oxime groups is 1. The standard InChI is InChI=1S/C12H13N5O4S/c1-7-9(17(19)20)6-14-16(7)8(2)12(18)21-15-11(13)10-4-3-5-22-10/h3-6,8H,1-2H3,(H2,13,15). The predicted molar refractivity (Wildman–Crippen MR) is 79.5 cm³/mol. The smallest absolute Gasteiger partial charge is 0.359 e. The van der Waals surface area contributed by atoms with Gasteiger partial charge in [-0.15, -0.1) is 11.3 Å². The van der Waals surface area contributed by atoms with Crippen LogP contribution in [0.1, 0.15) is 23.5 Å². The number of amidine groups is 1. The topological polar surface area (TPSA) is 126 Å². The largest absolute Gasteiger partial charge is 0.380 e. The summed E-state index contributed by atoms with van der Waals surface area (Å²) >= 11 is 1.36. The molecule has 0 saturated carbocycles. The molecule has 0 amide bonds. The Morgan fingerprint density at radius 2 is 2.36 bits per heavy atom. The summed E-state index contributed by atoms with van der Waals surface area (Å²) in [5.41, 5.74) is 5.76. The van der Waals surface area contributed by atoms with Gasteiger partial charge in [0.2, 0.25) is 0 Å². The van der Waals surface area contributed by atoms with E-state index in [-0.39, 0.29) is 17.2 Å². The summed E-state index contributed by atoms with van der Waals surface area (Å²) < 4.78 is 1.21. The number of hydrogen-bond donors (Lipinski definition) is 1. The quantitative estimate of drug-likeness (QED) is 0.293. The van der Waals surface area contributed by atoms with Crippen molar-refractivity contribution in [1.29, 1.82) is 0 Å². The molecule has 2 N–H and O–H groups in total. The van der Waals surface area contributed by atoms with E-state index in [2.05, 4.69) is 10.3 Å². The van der Waals surface area contributed by atoms with Crippen molar-refractivity contribution >= 4 is 28.8 Å². The van der Waals surface area contributed by atoms with Crippen molar-refractivity contribution < 1.29 is 14.6 Å². The molecule has 1 atom stereocenters. The van der Waals surface area contributed by atoms with Crippen molar-refractivity contribution in [2.45, 2.75) is 19.9 Å². The number of nitrogens with two attached hydrogens (primary N) is 1. The van der Waals surface area contributed by atoms with Crippen molar-refractivity contribution in [2.75, 3.05) is 0 Å². The van der Waals surface area contributed by atoms with Crippen LogP contribution in [0.3, 0.4) is 0 Å². The third kappa shape index (κ3) is 3.11. The lowest BCUT2D eigenvalue weighted by molar-refractivity contribution is -0.385. The van der Waals surface area contributed by atoms with Crippen LogP contribution in [-0.2, 0) is 9.63 Å². The van der Waals surface area contributed by atoms with Gasteiger partial charge in [0.05, 0.1) is 9.80 Å². The second-order valence-electron chi connectivity index (χ2n) is 4.36. The molecule has 2 aromatic heterocycles. The average molecular weight is 323 g/mol. The second kappa shape index (κ2) is 6.35. The summed E-state index contributed by atoms with van der Waals surface area (Å²) in [5, 5.41) is 20.0. The lowest BCUT2D eigenvalue weighted by Gasteiger charge is -2.10. The first kappa shape index (κ1) is 15.6. The zero-order valence-electron chi connectivity index (χ0n) is 11.8. The van der Waals surface area contributed by atoms with Crippen molar-refractivity contribution in [2.24, 2.45) is 10.9 Å². The van der Waals surface area contributed by atoms with Crippen LogP contribution in [0.4, 0.5) is 5.69 Å². The van der Waals surface area contributed by atoms with Crippen LogP contribution in [0.2, 0.25) is 0 Å². The molecule has 0 spiro atoms. The fourth-order valence-corrected chi connectivity index (χ4v) is 2.34. The van der Waals surface area contributed by atoms with E-state index in [0.717, 1.165) is 6.20 Å². The number of nitrogens with zero attached hydrogens (tertiary/aromatic N) is 4. The molecular formula is C12H13N5O4S. The molecule has 0 aromatic carbocycles. The molecule has 0 bridgehead atoms. The summed E-state index contributed by atoms with van der Waals surface area (Å²) in [6, 6.07) is 2.66. The van der Waals surface area contributed by atoms with Crippen LogP contribution >= 0.6 is 11.3 Å². The van der Waals surface area contributed by atoms with Gasteiger partial charge in [-0.3, -0.25) is 10.1 Å². The molecule has 0 radical (unpaired) electrons. The van der Waals surface area contributed by atoms with Gasteiger partial charge < -0.3 is 10.6 Å². The Kier molecular flexibility index (Phi) is 4.51. The van der Waals surface area contributed by atoms with Crippen LogP contribution in [0.15, 0.2) is 28.9 Å². The van der Waals surface area contributed by atoms with Crippen molar-refractivity contribution in [1.82, 2.24) is 9.78 Å². The normalized spacial score (nSPS) is 12.9. The summed E-state index contributed by atoms with van der Waals surface area (Å²) in [7, 11) is 0. The fourth-order valence-electron chi connectivity index (χ4n) is 1.72. The number of carbonyl (C=O) groups is 1. The Morgan fingerprint density at radius 3 is 2.91 bits per heavy atom. The number of rotatable bonds is 5. The lowest BCUT2D eigenvalue weighted by Crippen LogP contribution is -2.21. The number of aromatic nitrogens is 2. The summed E-state index contributed by atoms with van der Waals surface area (Å²) in [5.74, 6) is -0.640. The van der Waals surface area contributed by atoms with Crippen molar-refractivity contribution in [3.05, 3.63) is 44.4 Å². The Bertz CT molecular complexity index is 722. The monoisotopic (exact) mass is 323 g/mol. The van der Waals surface area contributed by atoms with Gasteiger partial charge in [0.15, 0.2) is 5.84 Å². The highest BCUT2D eigenvalue weighted by atomic mass is 32.1. The van der Waals surface area contributed by atoms with Crippen LogP contribution in [0.25, 0.3) is 0 Å². The van der Waals surface area contributed by atoms with Gasteiger partial charge in [-0.2, -0.15) is 5.10 Å². The zero-order chi connectivity index (χ0) is 16.3. The van der Waals surface area contributed by atoms with Crippen LogP contribution in [0.5, 0.6) is 0 Å². The fraction of sp³-hybridized carbons (Fsp3) is 0.250. The minimum Gasteiger partial charge on any atom is -0.380 e. The molecule has 10 heteroatoms. The van der Waals surface area contributed by atoms with Gasteiger partial charge in [-0.05, 0) is 25.3 Å². The first-order valence-corrected chi connectivity index (χ1v) is 7.06. The molecule has 0 saturated heterocycles. The maximum atomic E-state index is 11.9. The Balaban J connectivity index is 2.10. The second-order valence-corrected chi connectivity index (χ2v) is 5.30. The van der Waals surface area contributed by atoms with Gasteiger partial charge in [-0.25, -0.2) is 9.48 Å². The Hall–Kier alpha value is -2.75. The van der Waals surface area contributed by atoms with Gasteiger partial charge >= 0.3 is 11.7 Å². The summed E-state index contributed by atoms with van der Waals surface area (Å²) in [6.45, 7) is 3.00. The maximum Gasteiger partial charge on any atom is 0.359 e. The van der Waals surface area contributed by atoms with Crippen LogP contribution in [-0.4, -0.2) is 26.5 Å². The van der Waals surface area contributed by atoms with Crippen molar-refractivity contribution in [3.8, 4) is 0 Å². The van der Waals surface area contributed by atoms with Crippen molar-refractivity contribution in [3.63, 3.8) is 0 Å². The molecular weight excluding hydrogens is 310 g/mol. The Labute approximate surface area is 129 Å². The van der Waals surface area contributed by atoms with Gasteiger partial charge in [0.25, 0.3) is 0 Å². The van der Waals surface area contributed by atoms with E-state index in [0.29, 0.717) is 4.88 Å². The van der Waals surface area contributed by atoms with E-state index >= 15 is 0 Å². The van der Waals surface area contributed by atoms with E-state index in [4.69, 9.17) is 10.6 Å². The molecule has 2 aromatic rings. The molecule has 9 nitrogen and oxygen atoms in total. The molecule has 0 aliphatic heterocycles. The maximum absolute atomic E-state index is 11.9. The minimum atomic E-state index is -0.867. The summed E-state index contributed by atoms with van der Waals surface area (Å²) in [4.78, 5) is 27.6.